The molecule has 5 N–H and O–H groups in total. The number of hydrogen-bond acceptors (Lipinski definition) is 9. The van der Waals surface area contributed by atoms with Crippen molar-refractivity contribution in [2.45, 2.75) is 38.8 Å². The van der Waals surface area contributed by atoms with E-state index in [4.69, 9.17) is 16.1 Å². The van der Waals surface area contributed by atoms with Gasteiger partial charge in [-0.05, 0) is 30.1 Å². The lowest BCUT2D eigenvalue weighted by Crippen LogP contribution is -2.46. The second-order valence-electron chi connectivity index (χ2n) is 7.40. The zero-order chi connectivity index (χ0) is 22.0. The predicted molar refractivity (Wildman–Crippen MR) is 112 cm³/mol. The SMILES string of the molecule is CCn1c(-c2nonc2N)nc2cncc(C(=O)NC3CCN(C(=O)CCN)CC3)c21. The standard InChI is InChI=1S/C19H25N9O3/c1-2-28-16-12(9-22-10-13(16)24-18(28)15-17(21)26-31-25-15)19(30)23-11-4-7-27(8-5-11)14(29)3-6-20/h9-11H,2-8,20H2,1H3,(H2,21,26)(H,23,30). The number of nitrogen functional groups attached to an aromatic ring is 1. The Morgan fingerprint density at radius 2 is 2.03 bits per heavy atom. The summed E-state index contributed by atoms with van der Waals surface area (Å²) in [5, 5.41) is 10.5. The summed E-state index contributed by atoms with van der Waals surface area (Å²) in [5.74, 6) is 0.407. The molecule has 0 aromatic carbocycles. The highest BCUT2D eigenvalue weighted by molar-refractivity contribution is 6.05. The van der Waals surface area contributed by atoms with Gasteiger partial charge in [-0.25, -0.2) is 9.61 Å². The zero-order valence-electron chi connectivity index (χ0n) is 17.2. The number of anilines is 1. The van der Waals surface area contributed by atoms with Gasteiger partial charge in [-0.1, -0.05) is 0 Å². The van der Waals surface area contributed by atoms with E-state index >= 15 is 0 Å². The van der Waals surface area contributed by atoms with Gasteiger partial charge in [0, 0.05) is 44.8 Å². The van der Waals surface area contributed by atoms with Gasteiger partial charge < -0.3 is 26.3 Å². The fraction of sp³-hybridized carbons (Fsp3) is 0.474. The molecule has 2 amide bonds. The quantitative estimate of drug-likeness (QED) is 0.495. The third-order valence-electron chi connectivity index (χ3n) is 5.48. The number of imidazole rings is 1. The molecule has 1 saturated heterocycles. The van der Waals surface area contributed by atoms with Crippen LogP contribution in [0.25, 0.3) is 22.6 Å². The molecule has 0 unspecified atom stereocenters. The number of fused-ring (bicyclic) bond motifs is 1. The minimum atomic E-state index is -0.239. The van der Waals surface area contributed by atoms with Gasteiger partial charge in [0.25, 0.3) is 5.91 Å². The number of rotatable bonds is 6. The molecule has 0 spiro atoms. The van der Waals surface area contributed by atoms with E-state index in [1.54, 1.807) is 11.1 Å². The Labute approximate surface area is 177 Å². The second-order valence-corrected chi connectivity index (χ2v) is 7.40. The Kier molecular flexibility index (Phi) is 5.80. The third-order valence-corrected chi connectivity index (χ3v) is 5.48. The molecule has 3 aromatic heterocycles. The highest BCUT2D eigenvalue weighted by Gasteiger charge is 2.26. The highest BCUT2D eigenvalue weighted by Crippen LogP contribution is 2.28. The van der Waals surface area contributed by atoms with Crippen LogP contribution in [0.2, 0.25) is 0 Å². The molecule has 1 fully saturated rings. The van der Waals surface area contributed by atoms with Crippen molar-refractivity contribution in [2.75, 3.05) is 25.4 Å². The number of nitrogens with two attached hydrogens (primary N) is 2. The van der Waals surface area contributed by atoms with Crippen LogP contribution in [-0.4, -0.2) is 67.2 Å². The van der Waals surface area contributed by atoms with Crippen LogP contribution < -0.4 is 16.8 Å². The summed E-state index contributed by atoms with van der Waals surface area (Å²) < 4.78 is 6.55. The van der Waals surface area contributed by atoms with Gasteiger partial charge in [-0.15, -0.1) is 0 Å². The van der Waals surface area contributed by atoms with Crippen molar-refractivity contribution in [3.63, 3.8) is 0 Å². The number of piperidine rings is 1. The highest BCUT2D eigenvalue weighted by atomic mass is 16.6. The molecule has 0 saturated carbocycles. The molecule has 1 aliphatic rings. The minimum Gasteiger partial charge on any atom is -0.379 e. The lowest BCUT2D eigenvalue weighted by molar-refractivity contribution is -0.132. The number of carbonyl (C=O) groups is 2. The van der Waals surface area contributed by atoms with E-state index in [1.165, 1.54) is 6.20 Å². The number of hydrogen-bond donors (Lipinski definition) is 3. The number of carbonyl (C=O) groups excluding carboxylic acids is 2. The molecule has 1 aliphatic heterocycles. The molecule has 0 aliphatic carbocycles. The maximum absolute atomic E-state index is 13.1. The Hall–Kier alpha value is -3.54. The van der Waals surface area contributed by atoms with Crippen LogP contribution in [-0.2, 0) is 11.3 Å². The number of nitrogens with zero attached hydrogens (tertiary/aromatic N) is 6. The van der Waals surface area contributed by atoms with Crippen LogP contribution >= 0.6 is 0 Å². The first-order chi connectivity index (χ1) is 15.0. The van der Waals surface area contributed by atoms with E-state index in [0.29, 0.717) is 73.6 Å². The van der Waals surface area contributed by atoms with Crippen molar-refractivity contribution in [1.82, 2.24) is 35.1 Å². The molecule has 4 rings (SSSR count). The van der Waals surface area contributed by atoms with Crippen molar-refractivity contribution in [2.24, 2.45) is 5.73 Å². The second kappa shape index (κ2) is 8.68. The number of likely N-dealkylation sites (tertiary alicyclic amines) is 1. The van der Waals surface area contributed by atoms with E-state index in [-0.39, 0.29) is 23.7 Å². The normalized spacial score (nSPS) is 14.8. The summed E-state index contributed by atoms with van der Waals surface area (Å²) in [5.41, 5.74) is 13.2. The van der Waals surface area contributed by atoms with E-state index in [2.05, 4.69) is 25.6 Å². The van der Waals surface area contributed by atoms with E-state index < -0.39 is 0 Å². The topological polar surface area (TPSA) is 171 Å². The molecule has 3 aromatic rings. The fourth-order valence-corrected chi connectivity index (χ4v) is 3.91. The van der Waals surface area contributed by atoms with Crippen molar-refractivity contribution in [1.29, 1.82) is 0 Å². The van der Waals surface area contributed by atoms with Crippen molar-refractivity contribution in [3.8, 4) is 11.5 Å². The number of amides is 2. The molecule has 0 bridgehead atoms. The van der Waals surface area contributed by atoms with Gasteiger partial charge in [-0.2, -0.15) is 0 Å². The maximum Gasteiger partial charge on any atom is 0.255 e. The molecule has 31 heavy (non-hydrogen) atoms. The Morgan fingerprint density at radius 3 is 2.68 bits per heavy atom. The smallest absolute Gasteiger partial charge is 0.255 e. The van der Waals surface area contributed by atoms with Crippen LogP contribution in [0.1, 0.15) is 36.5 Å². The molecule has 0 radical (unpaired) electrons. The summed E-state index contributed by atoms with van der Waals surface area (Å²) in [6.45, 7) is 4.01. The van der Waals surface area contributed by atoms with Gasteiger partial charge in [0.1, 0.15) is 5.52 Å². The van der Waals surface area contributed by atoms with Gasteiger partial charge in [-0.3, -0.25) is 14.6 Å². The number of aryl methyl sites for hydroxylation is 1. The molecule has 164 valence electrons. The molecular weight excluding hydrogens is 402 g/mol. The largest absolute Gasteiger partial charge is 0.379 e. The van der Waals surface area contributed by atoms with E-state index in [9.17, 15) is 9.59 Å². The van der Waals surface area contributed by atoms with Crippen molar-refractivity contribution in [3.05, 3.63) is 18.0 Å². The maximum atomic E-state index is 13.1. The van der Waals surface area contributed by atoms with Gasteiger partial charge >= 0.3 is 0 Å². The zero-order valence-corrected chi connectivity index (χ0v) is 17.2. The average Bonchev–Trinajstić information content (AvgIpc) is 3.36. The van der Waals surface area contributed by atoms with E-state index in [1.807, 2.05) is 11.5 Å². The Morgan fingerprint density at radius 1 is 1.26 bits per heavy atom. The Bertz CT molecular complexity index is 1100. The molecule has 4 heterocycles. The molecule has 12 heteroatoms. The van der Waals surface area contributed by atoms with Crippen LogP contribution in [0.15, 0.2) is 17.0 Å². The average molecular weight is 427 g/mol. The summed E-state index contributed by atoms with van der Waals surface area (Å²) in [6.07, 6.45) is 4.84. The third kappa shape index (κ3) is 3.93. The number of nitrogens with one attached hydrogen (secondary N) is 1. The molecule has 0 atom stereocenters. The first-order valence-electron chi connectivity index (χ1n) is 10.2. The fourth-order valence-electron chi connectivity index (χ4n) is 3.91. The molecular formula is C19H25N9O3. The minimum absolute atomic E-state index is 0.0301. The summed E-state index contributed by atoms with van der Waals surface area (Å²) in [6, 6.07) is -0.0301. The van der Waals surface area contributed by atoms with Crippen LogP contribution in [0.5, 0.6) is 0 Å². The van der Waals surface area contributed by atoms with E-state index in [0.717, 1.165) is 0 Å². The summed E-state index contributed by atoms with van der Waals surface area (Å²) >= 11 is 0. The van der Waals surface area contributed by atoms with Crippen molar-refractivity contribution < 1.29 is 14.2 Å². The molecule has 12 nitrogen and oxygen atoms in total. The lowest BCUT2D eigenvalue weighted by atomic mass is 10.0. The predicted octanol–water partition coefficient (Wildman–Crippen LogP) is 0.153. The Balaban J connectivity index is 1.56. The van der Waals surface area contributed by atoms with Crippen LogP contribution in [0, 0.1) is 0 Å². The van der Waals surface area contributed by atoms with Gasteiger partial charge in [0.05, 0.1) is 17.3 Å². The van der Waals surface area contributed by atoms with Crippen molar-refractivity contribution >= 4 is 28.7 Å². The number of aromatic nitrogens is 5. The summed E-state index contributed by atoms with van der Waals surface area (Å²) in [7, 11) is 0. The first kappa shape index (κ1) is 20.7. The lowest BCUT2D eigenvalue weighted by Gasteiger charge is -2.32. The monoisotopic (exact) mass is 427 g/mol. The van der Waals surface area contributed by atoms with Crippen LogP contribution in [0.3, 0.4) is 0 Å². The number of pyridine rings is 1. The van der Waals surface area contributed by atoms with Gasteiger partial charge in [0.15, 0.2) is 17.3 Å². The summed E-state index contributed by atoms with van der Waals surface area (Å²) in [4.78, 5) is 35.6. The van der Waals surface area contributed by atoms with Gasteiger partial charge in [0.2, 0.25) is 5.91 Å². The first-order valence-corrected chi connectivity index (χ1v) is 10.2. The van der Waals surface area contributed by atoms with Crippen LogP contribution in [0.4, 0.5) is 5.82 Å².